The highest BCUT2D eigenvalue weighted by atomic mass is 16.5. The quantitative estimate of drug-likeness (QED) is 0.325. The van der Waals surface area contributed by atoms with E-state index >= 15 is 0 Å². The second-order valence-corrected chi connectivity index (χ2v) is 8.92. The van der Waals surface area contributed by atoms with Crippen molar-refractivity contribution in [2.45, 2.75) is 68.9 Å². The number of Topliss-reactive ketones (excluding diaryl/α,β-unsaturated/α-hetero) is 2. The number of aliphatic hydroxyl groups is 3. The monoisotopic (exact) mass is 462 g/mol. The van der Waals surface area contributed by atoms with Gasteiger partial charge in [0.15, 0.2) is 11.6 Å². The molecule has 7 atom stereocenters. The Labute approximate surface area is 186 Å². The van der Waals surface area contributed by atoms with Crippen LogP contribution in [0.2, 0.25) is 0 Å². The number of fused-ring (bicyclic) bond motifs is 4. The maximum absolute atomic E-state index is 13.6. The summed E-state index contributed by atoms with van der Waals surface area (Å²) in [6.45, 7) is 2.88. The van der Waals surface area contributed by atoms with Crippen LogP contribution < -0.4 is 0 Å². The van der Waals surface area contributed by atoms with E-state index in [1.54, 1.807) is 0 Å². The number of carbonyl (C=O) groups excluding carboxylic acids is 2. The number of aliphatic carboxylic acids is 1. The van der Waals surface area contributed by atoms with Crippen molar-refractivity contribution in [3.05, 3.63) is 33.4 Å². The van der Waals surface area contributed by atoms with Crippen molar-refractivity contribution in [3.8, 4) is 11.5 Å². The Morgan fingerprint density at radius 2 is 1.64 bits per heavy atom. The minimum Gasteiger partial charge on any atom is -0.507 e. The molecule has 6 rings (SSSR count). The van der Waals surface area contributed by atoms with Crippen molar-refractivity contribution < 1.29 is 54.5 Å². The topological polar surface area (TPSA) is 191 Å². The second-order valence-electron chi connectivity index (χ2n) is 8.92. The third-order valence-corrected chi connectivity index (χ3v) is 7.18. The molecule has 1 aromatic carbocycles. The number of ether oxygens (including phenoxy) is 2. The van der Waals surface area contributed by atoms with E-state index in [1.165, 1.54) is 13.8 Å². The van der Waals surface area contributed by atoms with E-state index in [9.17, 15) is 39.9 Å². The Morgan fingerprint density at radius 1 is 1.03 bits per heavy atom. The molecule has 11 nitrogen and oxygen atoms in total. The summed E-state index contributed by atoms with van der Waals surface area (Å²) in [5.41, 5.74) is -4.40. The molecule has 11 heteroatoms. The van der Waals surface area contributed by atoms with Gasteiger partial charge >= 0.3 is 5.97 Å². The second kappa shape index (κ2) is 6.84. The third kappa shape index (κ3) is 2.59. The lowest BCUT2D eigenvalue weighted by molar-refractivity contribution is -0.207. The van der Waals surface area contributed by atoms with E-state index < -0.39 is 88.8 Å². The summed E-state index contributed by atoms with van der Waals surface area (Å²) < 4.78 is 11.1. The first-order valence-electron chi connectivity index (χ1n) is 10.5. The first-order chi connectivity index (χ1) is 15.4. The summed E-state index contributed by atoms with van der Waals surface area (Å²) in [6.07, 6.45) is -8.21. The molecule has 7 unspecified atom stereocenters. The number of phenols is 2. The van der Waals surface area contributed by atoms with Crippen molar-refractivity contribution in [1.82, 2.24) is 0 Å². The van der Waals surface area contributed by atoms with Crippen LogP contribution in [0.1, 0.15) is 70.7 Å². The highest BCUT2D eigenvalue weighted by molar-refractivity contribution is 6.30. The van der Waals surface area contributed by atoms with Gasteiger partial charge in [0.05, 0.1) is 48.1 Å². The number of hydrogen-bond acceptors (Lipinski definition) is 10. The molecular formula is C22H22O11. The zero-order valence-corrected chi connectivity index (χ0v) is 17.6. The number of carboxylic acid groups (broad SMARTS) is 1. The zero-order chi connectivity index (χ0) is 24.1. The van der Waals surface area contributed by atoms with Crippen molar-refractivity contribution in [3.63, 3.8) is 0 Å². The number of ketones is 2. The molecule has 1 aromatic rings. The fourth-order valence-electron chi connectivity index (χ4n) is 5.65. The van der Waals surface area contributed by atoms with Gasteiger partial charge in [-0.25, -0.2) is 0 Å². The minimum absolute atomic E-state index is 0.153. The maximum atomic E-state index is 13.6. The summed E-state index contributed by atoms with van der Waals surface area (Å²) in [5.74, 6) is -4.61. The summed E-state index contributed by atoms with van der Waals surface area (Å²) in [5, 5.41) is 63.6. The Bertz CT molecular complexity index is 1150. The summed E-state index contributed by atoms with van der Waals surface area (Å²) in [6, 6.07) is 0. The zero-order valence-electron chi connectivity index (χ0n) is 17.6. The first kappa shape index (κ1) is 22.0. The first-order valence-corrected chi connectivity index (χ1v) is 10.5. The number of carboxylic acids is 1. The van der Waals surface area contributed by atoms with Gasteiger partial charge in [-0.05, 0) is 13.8 Å². The normalized spacial score (nSPS) is 37.0. The third-order valence-electron chi connectivity index (χ3n) is 7.18. The SMILES string of the molecule is CC1OC(CC(=O)O)C(O)c2c(O)c3c(c(O)c21)C(=O)C1=C(C3=O)C2CC(O)C1(O)C(C)O2. The van der Waals surface area contributed by atoms with Crippen molar-refractivity contribution in [1.29, 1.82) is 0 Å². The van der Waals surface area contributed by atoms with Crippen molar-refractivity contribution in [2.75, 3.05) is 0 Å². The van der Waals surface area contributed by atoms with Gasteiger partial charge in [0, 0.05) is 28.7 Å². The van der Waals surface area contributed by atoms with E-state index in [2.05, 4.69) is 0 Å². The molecule has 0 amide bonds. The molecule has 0 spiro atoms. The molecule has 0 radical (unpaired) electrons. The smallest absolute Gasteiger partial charge is 0.306 e. The standard InChI is InChI=1S/C22H22O11/c1-5-11-13(17(26)8(32-5)4-10(24)25)20(29)14-15(18(11)27)21(30)16-12(19(14)28)7-3-9(23)22(16,31)6(2)33-7/h5-9,17,23,26-27,29,31H,3-4H2,1-2H3,(H,24,25). The molecule has 33 heavy (non-hydrogen) atoms. The molecule has 2 bridgehead atoms. The van der Waals surface area contributed by atoms with Crippen molar-refractivity contribution >= 4 is 17.5 Å². The van der Waals surface area contributed by atoms with Gasteiger partial charge in [-0.1, -0.05) is 0 Å². The summed E-state index contributed by atoms with van der Waals surface area (Å²) in [7, 11) is 0. The van der Waals surface area contributed by atoms with Gasteiger partial charge in [0.25, 0.3) is 0 Å². The lowest BCUT2D eigenvalue weighted by atomic mass is 9.63. The lowest BCUT2D eigenvalue weighted by Gasteiger charge is -2.52. The van der Waals surface area contributed by atoms with Crippen molar-refractivity contribution in [2.24, 2.45) is 0 Å². The number of rotatable bonds is 2. The summed E-state index contributed by atoms with van der Waals surface area (Å²) >= 11 is 0. The average molecular weight is 462 g/mol. The van der Waals surface area contributed by atoms with E-state index in [1.807, 2.05) is 0 Å². The molecule has 3 heterocycles. The molecule has 1 fully saturated rings. The van der Waals surface area contributed by atoms with Gasteiger partial charge in [-0.2, -0.15) is 0 Å². The van der Waals surface area contributed by atoms with Crippen LogP contribution in [0.5, 0.6) is 11.5 Å². The number of benzene rings is 1. The number of phenolic OH excluding ortho intramolecular Hbond substituents is 2. The Balaban J connectivity index is 1.76. The fourth-order valence-corrected chi connectivity index (χ4v) is 5.65. The predicted molar refractivity (Wildman–Crippen MR) is 106 cm³/mol. The van der Waals surface area contributed by atoms with Gasteiger partial charge in [-0.15, -0.1) is 0 Å². The van der Waals surface area contributed by atoms with Crippen LogP contribution >= 0.6 is 0 Å². The van der Waals surface area contributed by atoms with Crippen LogP contribution in [0.4, 0.5) is 0 Å². The maximum Gasteiger partial charge on any atom is 0.306 e. The summed E-state index contributed by atoms with van der Waals surface area (Å²) in [4.78, 5) is 38.2. The van der Waals surface area contributed by atoms with Crippen LogP contribution in [-0.2, 0) is 14.3 Å². The van der Waals surface area contributed by atoms with Crippen LogP contribution in [0, 0.1) is 0 Å². The fraction of sp³-hybridized carbons (Fsp3) is 0.500. The minimum atomic E-state index is -2.19. The van der Waals surface area contributed by atoms with E-state index in [0.29, 0.717) is 0 Å². The van der Waals surface area contributed by atoms with Crippen LogP contribution in [-0.4, -0.2) is 78.2 Å². The molecule has 0 saturated carbocycles. The van der Waals surface area contributed by atoms with Gasteiger partial charge < -0.3 is 40.1 Å². The number of carbonyl (C=O) groups is 3. The lowest BCUT2D eigenvalue weighted by Crippen LogP contribution is -2.66. The molecule has 2 aliphatic carbocycles. The molecule has 0 aromatic heterocycles. The Kier molecular flexibility index (Phi) is 4.56. The van der Waals surface area contributed by atoms with Gasteiger partial charge in [0.2, 0.25) is 0 Å². The van der Waals surface area contributed by atoms with Crippen LogP contribution in [0.3, 0.4) is 0 Å². The van der Waals surface area contributed by atoms with E-state index in [-0.39, 0.29) is 28.7 Å². The van der Waals surface area contributed by atoms with Crippen LogP contribution in [0.25, 0.3) is 0 Å². The van der Waals surface area contributed by atoms with E-state index in [4.69, 9.17) is 14.6 Å². The van der Waals surface area contributed by atoms with Crippen LogP contribution in [0.15, 0.2) is 11.1 Å². The highest BCUT2D eigenvalue weighted by Crippen LogP contribution is 2.55. The Morgan fingerprint density at radius 3 is 2.24 bits per heavy atom. The molecule has 5 aliphatic rings. The average Bonchev–Trinajstić information content (AvgIpc) is 2.72. The molecule has 1 saturated heterocycles. The number of hydrogen-bond donors (Lipinski definition) is 6. The molecule has 3 aliphatic heterocycles. The number of aromatic hydroxyl groups is 2. The number of aliphatic hydroxyl groups excluding tert-OH is 2. The predicted octanol–water partition coefficient (Wildman–Crippen LogP) is 0.0243. The highest BCUT2D eigenvalue weighted by Gasteiger charge is 2.62. The van der Waals surface area contributed by atoms with Gasteiger partial charge in [0.1, 0.15) is 23.2 Å². The molecule has 6 N–H and O–H groups in total. The van der Waals surface area contributed by atoms with E-state index in [0.717, 1.165) is 0 Å². The van der Waals surface area contributed by atoms with Gasteiger partial charge in [-0.3, -0.25) is 14.4 Å². The largest absolute Gasteiger partial charge is 0.507 e. The Hall–Kier alpha value is -2.83. The molecular weight excluding hydrogens is 440 g/mol. The molecule has 176 valence electrons.